The van der Waals surface area contributed by atoms with E-state index in [-0.39, 0.29) is 11.0 Å². The third-order valence-electron chi connectivity index (χ3n) is 3.47. The van der Waals surface area contributed by atoms with Crippen molar-refractivity contribution in [2.45, 2.75) is 43.6 Å². The highest BCUT2D eigenvalue weighted by atomic mass is 79.9. The van der Waals surface area contributed by atoms with Crippen molar-refractivity contribution in [2.24, 2.45) is 11.1 Å². The van der Waals surface area contributed by atoms with Crippen LogP contribution in [0.3, 0.4) is 0 Å². The molecule has 0 heterocycles. The SMILES string of the molecule is CC1CCCC(Oc2c(Br)cc(S(N)(=O)=O)cc2Br)C1. The second kappa shape index (κ2) is 6.34. The zero-order chi connectivity index (χ0) is 14.9. The summed E-state index contributed by atoms with van der Waals surface area (Å²) in [5, 5.41) is 5.14. The number of sulfonamides is 1. The molecule has 1 aromatic carbocycles. The van der Waals surface area contributed by atoms with Crippen LogP contribution in [0.25, 0.3) is 0 Å². The summed E-state index contributed by atoms with van der Waals surface area (Å²) >= 11 is 6.71. The maximum Gasteiger partial charge on any atom is 0.238 e. The van der Waals surface area contributed by atoms with E-state index in [0.29, 0.717) is 20.6 Å². The van der Waals surface area contributed by atoms with Gasteiger partial charge in [-0.2, -0.15) is 0 Å². The number of halogens is 2. The van der Waals surface area contributed by atoms with E-state index in [9.17, 15) is 8.42 Å². The standard InChI is InChI=1S/C13H17Br2NO3S/c1-8-3-2-4-9(5-8)19-13-11(14)6-10(7-12(13)15)20(16,17)18/h6-9H,2-5H2,1H3,(H2,16,17,18). The van der Waals surface area contributed by atoms with Gasteiger partial charge in [-0.05, 0) is 69.2 Å². The molecule has 2 rings (SSSR count). The van der Waals surface area contributed by atoms with Crippen molar-refractivity contribution in [1.82, 2.24) is 0 Å². The molecule has 0 amide bonds. The van der Waals surface area contributed by atoms with Crippen LogP contribution in [-0.4, -0.2) is 14.5 Å². The first kappa shape index (κ1) is 16.3. The second-order valence-electron chi connectivity index (χ2n) is 5.27. The molecule has 0 radical (unpaired) electrons. The molecular weight excluding hydrogens is 410 g/mol. The number of ether oxygens (including phenoxy) is 1. The molecule has 1 aliphatic carbocycles. The Bertz CT molecular complexity index is 581. The number of benzene rings is 1. The molecule has 4 nitrogen and oxygen atoms in total. The first-order valence-electron chi connectivity index (χ1n) is 6.46. The van der Waals surface area contributed by atoms with Gasteiger partial charge in [-0.25, -0.2) is 13.6 Å². The van der Waals surface area contributed by atoms with Crippen LogP contribution in [0.4, 0.5) is 0 Å². The lowest BCUT2D eigenvalue weighted by molar-refractivity contribution is 0.127. The van der Waals surface area contributed by atoms with Crippen LogP contribution < -0.4 is 9.88 Å². The van der Waals surface area contributed by atoms with Crippen molar-refractivity contribution in [1.29, 1.82) is 0 Å². The Kier molecular flexibility index (Phi) is 5.15. The van der Waals surface area contributed by atoms with E-state index >= 15 is 0 Å². The number of hydrogen-bond donors (Lipinski definition) is 1. The molecule has 0 saturated heterocycles. The number of primary sulfonamides is 1. The Labute approximate surface area is 136 Å². The molecule has 0 bridgehead atoms. The summed E-state index contributed by atoms with van der Waals surface area (Å²) in [6.07, 6.45) is 4.63. The highest BCUT2D eigenvalue weighted by Gasteiger charge is 2.23. The topological polar surface area (TPSA) is 69.4 Å². The van der Waals surface area contributed by atoms with Gasteiger partial charge in [-0.1, -0.05) is 13.3 Å². The highest BCUT2D eigenvalue weighted by Crippen LogP contribution is 2.38. The Morgan fingerprint density at radius 1 is 1.25 bits per heavy atom. The van der Waals surface area contributed by atoms with Gasteiger partial charge in [0.05, 0.1) is 19.9 Å². The number of rotatable bonds is 3. The van der Waals surface area contributed by atoms with E-state index < -0.39 is 10.0 Å². The molecule has 1 fully saturated rings. The average Bonchev–Trinajstić information content (AvgIpc) is 2.32. The zero-order valence-electron chi connectivity index (χ0n) is 11.1. The fourth-order valence-electron chi connectivity index (χ4n) is 2.47. The molecule has 1 aliphatic rings. The minimum absolute atomic E-state index is 0.0561. The summed E-state index contributed by atoms with van der Waals surface area (Å²) < 4.78 is 30.0. The Balaban J connectivity index is 2.24. The maximum atomic E-state index is 11.4. The molecule has 2 atom stereocenters. The van der Waals surface area contributed by atoms with E-state index in [0.717, 1.165) is 19.3 Å². The quantitative estimate of drug-likeness (QED) is 0.798. The van der Waals surface area contributed by atoms with Crippen LogP contribution in [-0.2, 0) is 10.0 Å². The van der Waals surface area contributed by atoms with Gasteiger partial charge in [0, 0.05) is 0 Å². The van der Waals surface area contributed by atoms with E-state index in [1.807, 2.05) is 0 Å². The van der Waals surface area contributed by atoms with Gasteiger partial charge in [-0.15, -0.1) is 0 Å². The first-order valence-corrected chi connectivity index (χ1v) is 9.59. The van der Waals surface area contributed by atoms with E-state index in [1.165, 1.54) is 18.6 Å². The monoisotopic (exact) mass is 425 g/mol. The summed E-state index contributed by atoms with van der Waals surface area (Å²) in [6.45, 7) is 2.23. The van der Waals surface area contributed by atoms with Crippen LogP contribution in [0.2, 0.25) is 0 Å². The third-order valence-corrected chi connectivity index (χ3v) is 5.54. The Hall–Kier alpha value is -0.110. The fraction of sp³-hybridized carbons (Fsp3) is 0.538. The lowest BCUT2D eigenvalue weighted by Gasteiger charge is -2.28. The zero-order valence-corrected chi connectivity index (χ0v) is 15.1. The molecule has 112 valence electrons. The maximum absolute atomic E-state index is 11.4. The predicted octanol–water partition coefficient (Wildman–Crippen LogP) is 3.82. The van der Waals surface area contributed by atoms with Crippen LogP contribution in [0.1, 0.15) is 32.6 Å². The molecule has 0 aliphatic heterocycles. The fourth-order valence-corrected chi connectivity index (χ4v) is 4.71. The third kappa shape index (κ3) is 3.96. The molecule has 0 spiro atoms. The van der Waals surface area contributed by atoms with Crippen molar-refractivity contribution >= 4 is 41.9 Å². The number of nitrogens with two attached hydrogens (primary N) is 1. The smallest absolute Gasteiger partial charge is 0.238 e. The molecule has 0 aromatic heterocycles. The molecule has 2 unspecified atom stereocenters. The molecule has 20 heavy (non-hydrogen) atoms. The lowest BCUT2D eigenvalue weighted by atomic mass is 9.89. The van der Waals surface area contributed by atoms with Crippen LogP contribution in [0.5, 0.6) is 5.75 Å². The summed E-state index contributed by atoms with van der Waals surface area (Å²) in [5.74, 6) is 1.30. The van der Waals surface area contributed by atoms with Crippen LogP contribution in [0, 0.1) is 5.92 Å². The van der Waals surface area contributed by atoms with Crippen LogP contribution >= 0.6 is 31.9 Å². The van der Waals surface area contributed by atoms with Gasteiger partial charge < -0.3 is 4.74 Å². The predicted molar refractivity (Wildman–Crippen MR) is 85.3 cm³/mol. The van der Waals surface area contributed by atoms with Gasteiger partial charge in [0.2, 0.25) is 10.0 Å². The summed E-state index contributed by atoms with van der Waals surface area (Å²) in [7, 11) is -3.72. The molecule has 2 N–H and O–H groups in total. The number of hydrogen-bond acceptors (Lipinski definition) is 3. The lowest BCUT2D eigenvalue weighted by Crippen LogP contribution is -2.24. The van der Waals surface area contributed by atoms with E-state index in [4.69, 9.17) is 9.88 Å². The average molecular weight is 427 g/mol. The molecule has 1 aromatic rings. The van der Waals surface area contributed by atoms with Gasteiger partial charge in [0.15, 0.2) is 0 Å². The van der Waals surface area contributed by atoms with Crippen LogP contribution in [0.15, 0.2) is 26.0 Å². The summed E-state index contributed by atoms with van der Waals surface area (Å²) in [5.41, 5.74) is 0. The summed E-state index contributed by atoms with van der Waals surface area (Å²) in [6, 6.07) is 2.95. The minimum Gasteiger partial charge on any atom is -0.488 e. The minimum atomic E-state index is -3.72. The Morgan fingerprint density at radius 3 is 2.35 bits per heavy atom. The molecular formula is C13H17Br2NO3S. The van der Waals surface area contributed by atoms with Crippen molar-refractivity contribution in [3.63, 3.8) is 0 Å². The first-order chi connectivity index (χ1) is 9.27. The molecule has 7 heteroatoms. The van der Waals surface area contributed by atoms with Crippen molar-refractivity contribution in [3.8, 4) is 5.75 Å². The second-order valence-corrected chi connectivity index (χ2v) is 8.54. The van der Waals surface area contributed by atoms with Crippen molar-refractivity contribution < 1.29 is 13.2 Å². The molecule has 1 saturated carbocycles. The van der Waals surface area contributed by atoms with Crippen molar-refractivity contribution in [2.75, 3.05) is 0 Å². The van der Waals surface area contributed by atoms with Gasteiger partial charge >= 0.3 is 0 Å². The normalized spacial score (nSPS) is 23.6. The largest absolute Gasteiger partial charge is 0.488 e. The van der Waals surface area contributed by atoms with E-state index in [1.54, 1.807) is 0 Å². The van der Waals surface area contributed by atoms with Gasteiger partial charge in [0.25, 0.3) is 0 Å². The highest BCUT2D eigenvalue weighted by molar-refractivity contribution is 9.11. The summed E-state index contributed by atoms with van der Waals surface area (Å²) in [4.78, 5) is 0.0561. The van der Waals surface area contributed by atoms with Gasteiger partial charge in [-0.3, -0.25) is 0 Å². The Morgan fingerprint density at radius 2 is 1.85 bits per heavy atom. The van der Waals surface area contributed by atoms with E-state index in [2.05, 4.69) is 38.8 Å². The van der Waals surface area contributed by atoms with Crippen molar-refractivity contribution in [3.05, 3.63) is 21.1 Å². The van der Waals surface area contributed by atoms with Gasteiger partial charge in [0.1, 0.15) is 5.75 Å².